The van der Waals surface area contributed by atoms with Crippen LogP contribution in [0.5, 0.6) is 0 Å². The van der Waals surface area contributed by atoms with Crippen molar-refractivity contribution in [3.05, 3.63) is 93.8 Å². The second-order valence-corrected chi connectivity index (χ2v) is 7.78. The van der Waals surface area contributed by atoms with E-state index >= 15 is 0 Å². The molecule has 0 bridgehead atoms. The normalized spacial score (nSPS) is 12.3. The molecule has 2 N–H and O–H groups in total. The lowest BCUT2D eigenvalue weighted by atomic mass is 9.99. The van der Waals surface area contributed by atoms with Crippen LogP contribution >= 0.6 is 0 Å². The maximum Gasteiger partial charge on any atom is 0.416 e. The zero-order valence-electron chi connectivity index (χ0n) is 18.4. The van der Waals surface area contributed by atoms with Crippen molar-refractivity contribution in [1.29, 1.82) is 0 Å². The minimum absolute atomic E-state index is 0.0140. The molecule has 1 amide bonds. The number of benzene rings is 1. The predicted molar refractivity (Wildman–Crippen MR) is 115 cm³/mol. The highest BCUT2D eigenvalue weighted by molar-refractivity contribution is 5.92. The average molecular weight is 493 g/mol. The number of alkyl halides is 4. The Bertz CT molecular complexity index is 1250. The van der Waals surface area contributed by atoms with Gasteiger partial charge >= 0.3 is 12.1 Å². The van der Waals surface area contributed by atoms with Gasteiger partial charge in [0.2, 0.25) is 0 Å². The quantitative estimate of drug-likeness (QED) is 0.420. The van der Waals surface area contributed by atoms with Crippen LogP contribution in [0.25, 0.3) is 0 Å². The van der Waals surface area contributed by atoms with Crippen LogP contribution in [0.4, 0.5) is 22.0 Å². The molecular weight excluding hydrogens is 473 g/mol. The maximum absolute atomic E-state index is 15.0. The van der Waals surface area contributed by atoms with Gasteiger partial charge in [0, 0.05) is 18.4 Å². The van der Waals surface area contributed by atoms with E-state index in [4.69, 9.17) is 5.11 Å². The van der Waals surface area contributed by atoms with Crippen molar-refractivity contribution >= 4 is 11.9 Å². The molecule has 0 fully saturated rings. The van der Waals surface area contributed by atoms with Gasteiger partial charge in [0.25, 0.3) is 5.91 Å². The minimum Gasteiger partial charge on any atom is -0.477 e. The third-order valence-electron chi connectivity index (χ3n) is 5.09. The summed E-state index contributed by atoms with van der Waals surface area (Å²) in [7, 11) is 0. The van der Waals surface area contributed by atoms with E-state index in [1.807, 2.05) is 0 Å². The number of aromatic nitrogens is 2. The lowest BCUT2D eigenvalue weighted by Crippen LogP contribution is -2.24. The SMILES string of the molecule is Cc1cc(C(F)CCc2cnc(C(=O)O)cc2C(F)(F)F)cc(C(=O)NCc2cccc(F)c2)n1. The number of carboxylic acid groups (broad SMARTS) is 1. The topological polar surface area (TPSA) is 92.2 Å². The van der Waals surface area contributed by atoms with Crippen LogP contribution in [0.1, 0.15) is 61.5 Å². The molecular formula is C24H20F5N3O3. The van der Waals surface area contributed by atoms with E-state index in [2.05, 4.69) is 15.3 Å². The second kappa shape index (κ2) is 10.6. The van der Waals surface area contributed by atoms with E-state index in [9.17, 15) is 31.5 Å². The van der Waals surface area contributed by atoms with Crippen LogP contribution in [0, 0.1) is 12.7 Å². The van der Waals surface area contributed by atoms with Gasteiger partial charge in [-0.25, -0.2) is 23.5 Å². The fourth-order valence-electron chi connectivity index (χ4n) is 3.42. The molecule has 1 atom stereocenters. The summed E-state index contributed by atoms with van der Waals surface area (Å²) in [5.41, 5.74) is -1.51. The van der Waals surface area contributed by atoms with Gasteiger partial charge in [-0.15, -0.1) is 0 Å². The molecule has 1 unspecified atom stereocenters. The third kappa shape index (κ3) is 6.81. The van der Waals surface area contributed by atoms with E-state index in [1.165, 1.54) is 37.3 Å². The number of carbonyl (C=O) groups is 2. The van der Waals surface area contributed by atoms with E-state index in [-0.39, 0.29) is 36.2 Å². The van der Waals surface area contributed by atoms with Crippen LogP contribution in [0.3, 0.4) is 0 Å². The molecule has 11 heteroatoms. The van der Waals surface area contributed by atoms with Gasteiger partial charge in [-0.3, -0.25) is 4.79 Å². The van der Waals surface area contributed by atoms with Gasteiger partial charge in [0.05, 0.1) is 5.56 Å². The molecule has 35 heavy (non-hydrogen) atoms. The molecule has 2 heterocycles. The highest BCUT2D eigenvalue weighted by Gasteiger charge is 2.34. The monoisotopic (exact) mass is 493 g/mol. The van der Waals surface area contributed by atoms with E-state index < -0.39 is 41.3 Å². The number of hydrogen-bond acceptors (Lipinski definition) is 4. The number of nitrogens with one attached hydrogen (secondary N) is 1. The van der Waals surface area contributed by atoms with Crippen molar-refractivity contribution in [2.24, 2.45) is 0 Å². The number of nitrogens with zero attached hydrogens (tertiary/aromatic N) is 2. The van der Waals surface area contributed by atoms with Crippen LogP contribution in [0.2, 0.25) is 0 Å². The summed E-state index contributed by atoms with van der Waals surface area (Å²) >= 11 is 0. The number of carboxylic acids is 1. The van der Waals surface area contributed by atoms with Crippen molar-refractivity contribution in [2.45, 2.75) is 38.7 Å². The summed E-state index contributed by atoms with van der Waals surface area (Å²) in [5.74, 6) is -2.70. The number of aryl methyl sites for hydroxylation is 2. The van der Waals surface area contributed by atoms with Gasteiger partial charge < -0.3 is 10.4 Å². The summed E-state index contributed by atoms with van der Waals surface area (Å²) in [4.78, 5) is 31.0. The fraction of sp³-hybridized carbons (Fsp3) is 0.250. The molecule has 0 saturated carbocycles. The van der Waals surface area contributed by atoms with Crippen molar-refractivity contribution in [2.75, 3.05) is 0 Å². The summed E-state index contributed by atoms with van der Waals surface area (Å²) < 4.78 is 68.4. The summed E-state index contributed by atoms with van der Waals surface area (Å²) in [5, 5.41) is 11.5. The largest absolute Gasteiger partial charge is 0.477 e. The lowest BCUT2D eigenvalue weighted by molar-refractivity contribution is -0.138. The van der Waals surface area contributed by atoms with Crippen LogP contribution in [-0.2, 0) is 19.1 Å². The summed E-state index contributed by atoms with van der Waals surface area (Å²) in [6.45, 7) is 1.55. The second-order valence-electron chi connectivity index (χ2n) is 7.78. The van der Waals surface area contributed by atoms with Crippen LogP contribution < -0.4 is 5.32 Å². The molecule has 0 saturated heterocycles. The Balaban J connectivity index is 1.73. The number of pyridine rings is 2. The molecule has 6 nitrogen and oxygen atoms in total. The molecule has 1 aromatic carbocycles. The van der Waals surface area contributed by atoms with Gasteiger partial charge in [0.15, 0.2) is 0 Å². The van der Waals surface area contributed by atoms with Gasteiger partial charge in [-0.05, 0) is 66.8 Å². The molecule has 0 aliphatic rings. The van der Waals surface area contributed by atoms with Crippen molar-refractivity contribution < 1.29 is 36.6 Å². The number of carbonyl (C=O) groups excluding carboxylic acids is 1. The third-order valence-corrected chi connectivity index (χ3v) is 5.09. The number of hydrogen-bond donors (Lipinski definition) is 2. The van der Waals surface area contributed by atoms with Gasteiger partial charge in [-0.2, -0.15) is 13.2 Å². The molecule has 0 aliphatic heterocycles. The van der Waals surface area contributed by atoms with Crippen LogP contribution in [0.15, 0.2) is 48.7 Å². The van der Waals surface area contributed by atoms with Gasteiger partial charge in [-0.1, -0.05) is 12.1 Å². The Morgan fingerprint density at radius 2 is 1.86 bits per heavy atom. The lowest BCUT2D eigenvalue weighted by Gasteiger charge is -2.15. The first-order valence-electron chi connectivity index (χ1n) is 10.4. The van der Waals surface area contributed by atoms with Gasteiger partial charge in [0.1, 0.15) is 23.4 Å². The maximum atomic E-state index is 15.0. The molecule has 2 aromatic heterocycles. The zero-order valence-corrected chi connectivity index (χ0v) is 18.4. The summed E-state index contributed by atoms with van der Waals surface area (Å²) in [6, 6.07) is 8.61. The Morgan fingerprint density at radius 1 is 1.11 bits per heavy atom. The molecule has 0 aliphatic carbocycles. The predicted octanol–water partition coefficient (Wildman–Crippen LogP) is 5.21. The highest BCUT2D eigenvalue weighted by atomic mass is 19.4. The number of amides is 1. The summed E-state index contributed by atoms with van der Waals surface area (Å²) in [6.07, 6.45) is -6.53. The standard InChI is InChI=1S/C24H20F5N3O3/c1-13-7-16(9-20(32-13)22(33)31-11-14-3-2-4-17(25)8-14)19(26)6-5-15-12-30-21(23(34)35)10-18(15)24(27,28)29/h2-4,7-10,12,19H,5-6,11H2,1H3,(H,31,33)(H,34,35). The van der Waals surface area contributed by atoms with Crippen molar-refractivity contribution in [3.63, 3.8) is 0 Å². The van der Waals surface area contributed by atoms with Crippen LogP contribution in [-0.4, -0.2) is 27.0 Å². The Morgan fingerprint density at radius 3 is 2.51 bits per heavy atom. The first-order chi connectivity index (χ1) is 16.4. The fourth-order valence-corrected chi connectivity index (χ4v) is 3.42. The zero-order chi connectivity index (χ0) is 25.8. The minimum atomic E-state index is -4.84. The molecule has 0 spiro atoms. The van der Waals surface area contributed by atoms with E-state index in [0.29, 0.717) is 17.3 Å². The first kappa shape index (κ1) is 25.7. The smallest absolute Gasteiger partial charge is 0.416 e. The number of aromatic carboxylic acids is 1. The van der Waals surface area contributed by atoms with Crippen molar-refractivity contribution in [1.82, 2.24) is 15.3 Å². The molecule has 3 aromatic rings. The van der Waals surface area contributed by atoms with E-state index in [1.54, 1.807) is 6.07 Å². The average Bonchev–Trinajstić information content (AvgIpc) is 2.79. The van der Waals surface area contributed by atoms with Crippen molar-refractivity contribution in [3.8, 4) is 0 Å². The Kier molecular flexibility index (Phi) is 7.78. The van der Waals surface area contributed by atoms with E-state index in [0.717, 1.165) is 6.20 Å². The number of halogens is 5. The number of rotatable bonds is 8. The molecule has 184 valence electrons. The Labute approximate surface area is 196 Å². The Hall–Kier alpha value is -3.89. The first-order valence-corrected chi connectivity index (χ1v) is 10.4. The molecule has 3 rings (SSSR count). The highest BCUT2D eigenvalue weighted by Crippen LogP contribution is 2.34. The molecule has 0 radical (unpaired) electrons.